The number of hydrogen-bond acceptors (Lipinski definition) is 8. The van der Waals surface area contributed by atoms with Gasteiger partial charge in [0, 0.05) is 18.2 Å². The van der Waals surface area contributed by atoms with Gasteiger partial charge in [-0.3, -0.25) is 4.57 Å². The lowest BCUT2D eigenvalue weighted by Gasteiger charge is -2.17. The Hall–Kier alpha value is -2.59. The zero-order valence-electron chi connectivity index (χ0n) is 14.3. The van der Waals surface area contributed by atoms with Crippen LogP contribution < -0.4 is 5.32 Å². The van der Waals surface area contributed by atoms with Crippen molar-refractivity contribution in [2.75, 3.05) is 18.5 Å². The summed E-state index contributed by atoms with van der Waals surface area (Å²) in [5.74, 6) is 0.0419. The first kappa shape index (κ1) is 16.6. The normalized spacial score (nSPS) is 29.8. The summed E-state index contributed by atoms with van der Waals surface area (Å²) >= 11 is 0. The maximum Gasteiger partial charge on any atom is 0.165 e. The van der Waals surface area contributed by atoms with Crippen molar-refractivity contribution in [1.29, 1.82) is 0 Å². The molecule has 0 saturated carbocycles. The predicted octanol–water partition coefficient (Wildman–Crippen LogP) is -0.00480. The van der Waals surface area contributed by atoms with E-state index in [0.717, 1.165) is 16.9 Å². The molecule has 1 fully saturated rings. The third-order valence-corrected chi connectivity index (χ3v) is 5.34. The molecule has 1 unspecified atom stereocenters. The van der Waals surface area contributed by atoms with Crippen LogP contribution in [0.15, 0.2) is 36.9 Å². The van der Waals surface area contributed by atoms with E-state index in [1.54, 1.807) is 4.57 Å². The summed E-state index contributed by atoms with van der Waals surface area (Å²) < 4.78 is 7.19. The number of para-hydroxylation sites is 1. The summed E-state index contributed by atoms with van der Waals surface area (Å²) in [6.07, 6.45) is -1.10. The summed E-state index contributed by atoms with van der Waals surface area (Å²) in [5.41, 5.74) is 4.16. The molecule has 2 aromatic heterocycles. The molecule has 27 heavy (non-hydrogen) atoms. The fraction of sp³-hybridized carbons (Fsp3) is 0.389. The zero-order chi connectivity index (χ0) is 18.5. The van der Waals surface area contributed by atoms with Crippen molar-refractivity contribution in [2.24, 2.45) is 0 Å². The van der Waals surface area contributed by atoms with E-state index < -0.39 is 24.5 Å². The van der Waals surface area contributed by atoms with Crippen molar-refractivity contribution in [1.82, 2.24) is 19.5 Å². The zero-order valence-corrected chi connectivity index (χ0v) is 14.3. The topological polar surface area (TPSA) is 126 Å². The number of benzene rings is 1. The molecule has 1 aromatic carbocycles. The van der Waals surface area contributed by atoms with Crippen LogP contribution in [0.25, 0.3) is 11.2 Å². The quantitative estimate of drug-likeness (QED) is 0.508. The molecule has 0 aliphatic carbocycles. The maximum atomic E-state index is 10.3. The lowest BCUT2D eigenvalue weighted by atomic mass is 9.97. The highest BCUT2D eigenvalue weighted by Crippen LogP contribution is 2.38. The fourth-order valence-corrected chi connectivity index (χ4v) is 3.95. The Labute approximate surface area is 154 Å². The SMILES string of the molecule is OC[C@H]1O[C@@H](n2cnc3c(C4CNc5ccccc54)ncnc32)[C@H](O)[C@@H]1O. The minimum absolute atomic E-state index is 0.0419. The number of fused-ring (bicyclic) bond motifs is 2. The molecule has 2 aliphatic heterocycles. The first-order valence-corrected chi connectivity index (χ1v) is 8.81. The number of rotatable bonds is 3. The molecule has 3 aromatic rings. The first-order valence-electron chi connectivity index (χ1n) is 8.81. The van der Waals surface area contributed by atoms with Gasteiger partial charge < -0.3 is 25.4 Å². The lowest BCUT2D eigenvalue weighted by Crippen LogP contribution is -2.33. The van der Waals surface area contributed by atoms with Crippen LogP contribution in [0.5, 0.6) is 0 Å². The van der Waals surface area contributed by atoms with Gasteiger partial charge in [0.05, 0.1) is 18.6 Å². The van der Waals surface area contributed by atoms with Crippen molar-refractivity contribution < 1.29 is 20.1 Å². The van der Waals surface area contributed by atoms with Gasteiger partial charge in [-0.1, -0.05) is 18.2 Å². The summed E-state index contributed by atoms with van der Waals surface area (Å²) in [7, 11) is 0. The molecule has 9 nitrogen and oxygen atoms in total. The number of ether oxygens (including phenoxy) is 1. The smallest absolute Gasteiger partial charge is 0.165 e. The lowest BCUT2D eigenvalue weighted by molar-refractivity contribution is -0.0511. The average molecular weight is 369 g/mol. The van der Waals surface area contributed by atoms with Crippen molar-refractivity contribution in [3.63, 3.8) is 0 Å². The highest BCUT2D eigenvalue weighted by atomic mass is 16.6. The number of nitrogens with one attached hydrogen (secondary N) is 1. The van der Waals surface area contributed by atoms with Gasteiger partial charge in [0.2, 0.25) is 0 Å². The van der Waals surface area contributed by atoms with Gasteiger partial charge in [0.25, 0.3) is 0 Å². The van der Waals surface area contributed by atoms with Gasteiger partial charge in [0.15, 0.2) is 11.9 Å². The van der Waals surface area contributed by atoms with Gasteiger partial charge in [-0.2, -0.15) is 0 Å². The second kappa shape index (κ2) is 6.24. The molecule has 9 heteroatoms. The van der Waals surface area contributed by atoms with Gasteiger partial charge >= 0.3 is 0 Å². The number of imidazole rings is 1. The number of aromatic nitrogens is 4. The number of aliphatic hydroxyl groups excluding tert-OH is 3. The fourth-order valence-electron chi connectivity index (χ4n) is 3.95. The van der Waals surface area contributed by atoms with E-state index in [0.29, 0.717) is 17.7 Å². The Morgan fingerprint density at radius 2 is 2.00 bits per heavy atom. The molecule has 140 valence electrons. The molecule has 1 saturated heterocycles. The average Bonchev–Trinajstić information content (AvgIpc) is 3.38. The maximum absolute atomic E-state index is 10.3. The second-order valence-corrected chi connectivity index (χ2v) is 6.83. The number of anilines is 1. The summed E-state index contributed by atoms with van der Waals surface area (Å²) in [5, 5.41) is 33.0. The summed E-state index contributed by atoms with van der Waals surface area (Å²) in [6.45, 7) is 0.332. The number of nitrogens with zero attached hydrogens (tertiary/aromatic N) is 4. The van der Waals surface area contributed by atoms with E-state index in [4.69, 9.17) is 4.74 Å². The number of hydrogen-bond donors (Lipinski definition) is 4. The third kappa shape index (κ3) is 2.43. The van der Waals surface area contributed by atoms with E-state index in [1.807, 2.05) is 18.2 Å². The molecule has 0 spiro atoms. The molecule has 2 aliphatic rings. The second-order valence-electron chi connectivity index (χ2n) is 6.83. The summed E-state index contributed by atoms with van der Waals surface area (Å²) in [4.78, 5) is 13.3. The van der Waals surface area contributed by atoms with Gasteiger partial charge in [-0.15, -0.1) is 0 Å². The molecule has 4 heterocycles. The molecule has 4 N–H and O–H groups in total. The van der Waals surface area contributed by atoms with E-state index in [9.17, 15) is 15.3 Å². The van der Waals surface area contributed by atoms with Crippen molar-refractivity contribution in [3.8, 4) is 0 Å². The monoisotopic (exact) mass is 369 g/mol. The molecule has 0 radical (unpaired) electrons. The Morgan fingerprint density at radius 3 is 2.81 bits per heavy atom. The predicted molar refractivity (Wildman–Crippen MR) is 95.1 cm³/mol. The standard InChI is InChI=1S/C18H19N5O4/c24-6-12-15(25)16(26)18(27-12)23-8-22-14-13(20-7-21-17(14)23)10-5-19-11-4-2-1-3-9(10)11/h1-4,7-8,10,12,15-16,18-19,24-26H,5-6H2/t10?,12-,15-,16-,18-/m1/s1. The van der Waals surface area contributed by atoms with Gasteiger partial charge in [-0.25, -0.2) is 15.0 Å². The molecular formula is C18H19N5O4. The number of aliphatic hydroxyl groups is 3. The third-order valence-electron chi connectivity index (χ3n) is 5.34. The van der Waals surface area contributed by atoms with Crippen LogP contribution in [0, 0.1) is 0 Å². The van der Waals surface area contributed by atoms with Crippen LogP contribution in [0.4, 0.5) is 5.69 Å². The van der Waals surface area contributed by atoms with Crippen LogP contribution in [-0.4, -0.2) is 66.3 Å². The van der Waals surface area contributed by atoms with Crippen molar-refractivity contribution in [3.05, 3.63) is 48.2 Å². The molecule has 0 bridgehead atoms. The van der Waals surface area contributed by atoms with E-state index in [2.05, 4.69) is 26.3 Å². The molecule has 5 atom stereocenters. The van der Waals surface area contributed by atoms with Crippen LogP contribution in [-0.2, 0) is 4.74 Å². The van der Waals surface area contributed by atoms with Gasteiger partial charge in [-0.05, 0) is 11.6 Å². The Kier molecular flexibility index (Phi) is 3.83. The minimum Gasteiger partial charge on any atom is -0.394 e. The van der Waals surface area contributed by atoms with Crippen LogP contribution in [0.1, 0.15) is 23.4 Å². The van der Waals surface area contributed by atoms with Crippen LogP contribution >= 0.6 is 0 Å². The van der Waals surface area contributed by atoms with Crippen LogP contribution in [0.3, 0.4) is 0 Å². The largest absolute Gasteiger partial charge is 0.394 e. The minimum atomic E-state index is -1.19. The van der Waals surface area contributed by atoms with Crippen molar-refractivity contribution in [2.45, 2.75) is 30.5 Å². The molecule has 0 amide bonds. The van der Waals surface area contributed by atoms with E-state index >= 15 is 0 Å². The van der Waals surface area contributed by atoms with Crippen LogP contribution in [0.2, 0.25) is 0 Å². The summed E-state index contributed by atoms with van der Waals surface area (Å²) in [6, 6.07) is 8.08. The van der Waals surface area contributed by atoms with Crippen molar-refractivity contribution >= 4 is 16.9 Å². The van der Waals surface area contributed by atoms with E-state index in [-0.39, 0.29) is 12.5 Å². The molecule has 5 rings (SSSR count). The highest BCUT2D eigenvalue weighted by molar-refractivity contribution is 5.76. The Bertz CT molecular complexity index is 993. The first-order chi connectivity index (χ1) is 13.2. The van der Waals surface area contributed by atoms with Gasteiger partial charge in [0.1, 0.15) is 30.2 Å². The van der Waals surface area contributed by atoms with E-state index in [1.165, 1.54) is 12.7 Å². The Balaban J connectivity index is 1.57. The highest BCUT2D eigenvalue weighted by Gasteiger charge is 2.44. The Morgan fingerprint density at radius 1 is 1.15 bits per heavy atom. The molecular weight excluding hydrogens is 350 g/mol.